The Morgan fingerprint density at radius 3 is 1.71 bits per heavy atom. The smallest absolute Gasteiger partial charge is 0.000977 e. The van der Waals surface area contributed by atoms with Gasteiger partial charge in [0.1, 0.15) is 0 Å². The Labute approximate surface area is 109 Å². The van der Waals surface area contributed by atoms with E-state index in [0.717, 1.165) is 26.1 Å². The summed E-state index contributed by atoms with van der Waals surface area (Å²) in [6.07, 6.45) is 8.88. The van der Waals surface area contributed by atoms with Crippen LogP contribution in [0.25, 0.3) is 0 Å². The van der Waals surface area contributed by atoms with Crippen LogP contribution in [0.1, 0.15) is 58.8 Å². The topological polar surface area (TPSA) is 55.3 Å². The molecule has 3 heteroatoms. The highest BCUT2D eigenvalue weighted by molar-refractivity contribution is 4.50. The number of nitrogens with zero attached hydrogens (tertiary/aromatic N) is 1. The zero-order valence-electron chi connectivity index (χ0n) is 12.4. The van der Waals surface area contributed by atoms with Crippen LogP contribution in [0.4, 0.5) is 0 Å². The van der Waals surface area contributed by atoms with Crippen LogP contribution < -0.4 is 11.5 Å². The Morgan fingerprint density at radius 1 is 0.706 bits per heavy atom. The molecule has 0 aromatic carbocycles. The molecule has 0 saturated carbocycles. The lowest BCUT2D eigenvalue weighted by atomic mass is 10.2. The maximum absolute atomic E-state index is 5.38. The third kappa shape index (κ3) is 21.7. The van der Waals surface area contributed by atoms with Crippen molar-refractivity contribution in [2.75, 3.05) is 33.2 Å². The highest BCUT2D eigenvalue weighted by Crippen LogP contribution is 1.95. The van der Waals surface area contributed by atoms with E-state index in [1.165, 1.54) is 45.1 Å². The van der Waals surface area contributed by atoms with Crippen LogP contribution in [-0.2, 0) is 0 Å². The van der Waals surface area contributed by atoms with Gasteiger partial charge >= 0.3 is 0 Å². The average Bonchev–Trinajstić information content (AvgIpc) is 2.35. The maximum atomic E-state index is 5.38. The molecule has 106 valence electrons. The first-order valence-corrected chi connectivity index (χ1v) is 7.31. The van der Waals surface area contributed by atoms with E-state index < -0.39 is 0 Å². The van der Waals surface area contributed by atoms with Crippen LogP contribution in [0.15, 0.2) is 0 Å². The summed E-state index contributed by atoms with van der Waals surface area (Å²) < 4.78 is 0. The summed E-state index contributed by atoms with van der Waals surface area (Å²) in [7, 11) is 2.16. The lowest BCUT2D eigenvalue weighted by Gasteiger charge is -2.14. The van der Waals surface area contributed by atoms with Gasteiger partial charge in [-0.05, 0) is 52.5 Å². The Hall–Kier alpha value is -0.120. The molecule has 0 spiro atoms. The maximum Gasteiger partial charge on any atom is -0.000977 e. The van der Waals surface area contributed by atoms with E-state index in [-0.39, 0.29) is 0 Å². The van der Waals surface area contributed by atoms with Crippen molar-refractivity contribution in [1.82, 2.24) is 4.90 Å². The Morgan fingerprint density at radius 2 is 1.24 bits per heavy atom. The van der Waals surface area contributed by atoms with E-state index in [4.69, 9.17) is 11.5 Å². The van der Waals surface area contributed by atoms with Crippen LogP contribution in [0.5, 0.6) is 0 Å². The van der Waals surface area contributed by atoms with Crippen molar-refractivity contribution in [2.45, 2.75) is 58.8 Å². The van der Waals surface area contributed by atoms with Crippen molar-refractivity contribution in [2.24, 2.45) is 11.5 Å². The standard InChI is InChI=1S/C8H20N2.C6H15N/c1-3-4-7-10(2)8-5-6-9;1-2-3-4-5-6-7/h3-9H2,1-2H3;2-7H2,1H3. The summed E-state index contributed by atoms with van der Waals surface area (Å²) in [6, 6.07) is 0. The molecule has 0 aromatic rings. The fraction of sp³-hybridized carbons (Fsp3) is 1.00. The number of hydrogen-bond acceptors (Lipinski definition) is 3. The summed E-state index contributed by atoms with van der Waals surface area (Å²) in [4.78, 5) is 2.34. The molecule has 0 heterocycles. The second kappa shape index (κ2) is 18.3. The average molecular weight is 245 g/mol. The number of nitrogens with two attached hydrogens (primary N) is 2. The first-order valence-electron chi connectivity index (χ1n) is 7.31. The van der Waals surface area contributed by atoms with E-state index in [1.54, 1.807) is 0 Å². The molecule has 3 nitrogen and oxygen atoms in total. The zero-order chi connectivity index (χ0) is 13.4. The van der Waals surface area contributed by atoms with Crippen molar-refractivity contribution >= 4 is 0 Å². The molecule has 0 rings (SSSR count). The second-order valence-electron chi connectivity index (χ2n) is 4.65. The third-order valence-electron chi connectivity index (χ3n) is 2.70. The van der Waals surface area contributed by atoms with E-state index >= 15 is 0 Å². The molecule has 4 N–H and O–H groups in total. The van der Waals surface area contributed by atoms with Crippen LogP contribution in [-0.4, -0.2) is 38.1 Å². The Kier molecular flexibility index (Phi) is 20.6. The van der Waals surface area contributed by atoms with E-state index in [1.807, 2.05) is 0 Å². The molecule has 0 bridgehead atoms. The Balaban J connectivity index is 0. The van der Waals surface area contributed by atoms with Crippen molar-refractivity contribution in [1.29, 1.82) is 0 Å². The molecule has 0 aliphatic carbocycles. The van der Waals surface area contributed by atoms with Gasteiger partial charge < -0.3 is 16.4 Å². The molecule has 0 aromatic heterocycles. The van der Waals surface area contributed by atoms with Crippen molar-refractivity contribution in [3.05, 3.63) is 0 Å². The molecular formula is C14H35N3. The predicted molar refractivity (Wildman–Crippen MR) is 79.3 cm³/mol. The predicted octanol–water partition coefficient (Wildman–Crippen LogP) is 2.59. The molecular weight excluding hydrogens is 210 g/mol. The van der Waals surface area contributed by atoms with E-state index in [9.17, 15) is 0 Å². The zero-order valence-corrected chi connectivity index (χ0v) is 12.4. The van der Waals surface area contributed by atoms with Crippen molar-refractivity contribution in [3.63, 3.8) is 0 Å². The minimum atomic E-state index is 0.816. The monoisotopic (exact) mass is 245 g/mol. The van der Waals surface area contributed by atoms with Gasteiger partial charge in [0, 0.05) is 0 Å². The van der Waals surface area contributed by atoms with Crippen LogP contribution >= 0.6 is 0 Å². The van der Waals surface area contributed by atoms with Gasteiger partial charge in [-0.25, -0.2) is 0 Å². The first kappa shape index (κ1) is 19.2. The third-order valence-corrected chi connectivity index (χ3v) is 2.70. The number of unbranched alkanes of at least 4 members (excludes halogenated alkanes) is 4. The molecule has 17 heavy (non-hydrogen) atoms. The Bertz CT molecular complexity index is 106. The highest BCUT2D eigenvalue weighted by Gasteiger charge is 1.94. The van der Waals surface area contributed by atoms with Crippen LogP contribution in [0.2, 0.25) is 0 Å². The summed E-state index contributed by atoms with van der Waals surface area (Å²) in [5.74, 6) is 0. The molecule has 0 amide bonds. The molecule has 0 atom stereocenters. The highest BCUT2D eigenvalue weighted by atomic mass is 15.1. The molecule has 0 saturated heterocycles. The molecule has 0 unspecified atom stereocenters. The van der Waals surface area contributed by atoms with Gasteiger partial charge in [-0.2, -0.15) is 0 Å². The largest absolute Gasteiger partial charge is 0.330 e. The van der Waals surface area contributed by atoms with E-state index in [0.29, 0.717) is 0 Å². The second-order valence-corrected chi connectivity index (χ2v) is 4.65. The van der Waals surface area contributed by atoms with Gasteiger partial charge in [-0.1, -0.05) is 39.5 Å². The quantitative estimate of drug-likeness (QED) is 0.582. The fourth-order valence-electron chi connectivity index (χ4n) is 1.47. The number of hydrogen-bond donors (Lipinski definition) is 2. The summed E-state index contributed by atoms with van der Waals surface area (Å²) >= 11 is 0. The van der Waals surface area contributed by atoms with E-state index in [2.05, 4.69) is 25.8 Å². The van der Waals surface area contributed by atoms with Crippen molar-refractivity contribution in [3.8, 4) is 0 Å². The molecule has 0 aliphatic heterocycles. The van der Waals surface area contributed by atoms with Gasteiger partial charge in [0.25, 0.3) is 0 Å². The number of rotatable bonds is 10. The van der Waals surface area contributed by atoms with Gasteiger partial charge in [-0.3, -0.25) is 0 Å². The molecule has 0 fully saturated rings. The van der Waals surface area contributed by atoms with Gasteiger partial charge in [0.2, 0.25) is 0 Å². The van der Waals surface area contributed by atoms with Gasteiger partial charge in [-0.15, -0.1) is 0 Å². The lowest BCUT2D eigenvalue weighted by molar-refractivity contribution is 0.325. The molecule has 0 aliphatic rings. The van der Waals surface area contributed by atoms with Crippen LogP contribution in [0.3, 0.4) is 0 Å². The first-order chi connectivity index (χ1) is 8.22. The molecule has 0 radical (unpaired) electrons. The minimum Gasteiger partial charge on any atom is -0.330 e. The lowest BCUT2D eigenvalue weighted by Crippen LogP contribution is -2.22. The SMILES string of the molecule is CCCCCCN.CCCCN(C)CCCN. The summed E-state index contributed by atoms with van der Waals surface area (Å²) in [5, 5.41) is 0. The summed E-state index contributed by atoms with van der Waals surface area (Å²) in [5.41, 5.74) is 10.6. The van der Waals surface area contributed by atoms with Crippen molar-refractivity contribution < 1.29 is 0 Å². The normalized spacial score (nSPS) is 10.2. The fourth-order valence-corrected chi connectivity index (χ4v) is 1.47. The van der Waals surface area contributed by atoms with Gasteiger partial charge in [0.15, 0.2) is 0 Å². The van der Waals surface area contributed by atoms with Crippen LogP contribution in [0, 0.1) is 0 Å². The summed E-state index contributed by atoms with van der Waals surface area (Å²) in [6.45, 7) is 8.47. The van der Waals surface area contributed by atoms with Gasteiger partial charge in [0.05, 0.1) is 0 Å². The minimum absolute atomic E-state index is 0.816.